The SMILES string of the molecule is O=C(O)c1cnc(C2(O)CCC3(CC2)OCCO3)s1. The van der Waals surface area contributed by atoms with Crippen molar-refractivity contribution < 1.29 is 24.5 Å². The molecule has 1 aliphatic carbocycles. The third kappa shape index (κ3) is 2.27. The Morgan fingerprint density at radius 2 is 1.89 bits per heavy atom. The first kappa shape index (κ1) is 13.0. The smallest absolute Gasteiger partial charge is 0.347 e. The van der Waals surface area contributed by atoms with Crippen molar-refractivity contribution in [1.29, 1.82) is 0 Å². The minimum atomic E-state index is -1.06. The minimum Gasteiger partial charge on any atom is -0.477 e. The second-order valence-corrected chi connectivity index (χ2v) is 6.00. The van der Waals surface area contributed by atoms with Crippen LogP contribution in [0.15, 0.2) is 6.20 Å². The zero-order chi connectivity index (χ0) is 13.5. The van der Waals surface area contributed by atoms with Crippen LogP contribution >= 0.6 is 11.3 Å². The van der Waals surface area contributed by atoms with Crippen molar-refractivity contribution in [2.45, 2.75) is 37.1 Å². The molecule has 0 aromatic carbocycles. The van der Waals surface area contributed by atoms with E-state index in [1.54, 1.807) is 0 Å². The molecule has 0 bridgehead atoms. The van der Waals surface area contributed by atoms with Gasteiger partial charge in [-0.3, -0.25) is 0 Å². The predicted molar refractivity (Wildman–Crippen MR) is 66.1 cm³/mol. The molecule has 1 spiro atoms. The number of hydrogen-bond donors (Lipinski definition) is 2. The number of carbonyl (C=O) groups is 1. The Bertz CT molecular complexity index is 484. The van der Waals surface area contributed by atoms with Crippen LogP contribution in [0.2, 0.25) is 0 Å². The molecule has 104 valence electrons. The van der Waals surface area contributed by atoms with Crippen LogP contribution in [0, 0.1) is 0 Å². The van der Waals surface area contributed by atoms with Gasteiger partial charge >= 0.3 is 5.97 Å². The lowest BCUT2D eigenvalue weighted by Crippen LogP contribution is -2.42. The minimum absolute atomic E-state index is 0.150. The van der Waals surface area contributed by atoms with E-state index in [4.69, 9.17) is 14.6 Å². The van der Waals surface area contributed by atoms with Gasteiger partial charge in [-0.15, -0.1) is 11.3 Å². The standard InChI is InChI=1S/C12H15NO5S/c14-9(15)8-7-13-10(19-8)11(16)1-3-12(4-2-11)17-5-6-18-12/h7,16H,1-6H2,(H,14,15). The Balaban J connectivity index is 1.75. The summed E-state index contributed by atoms with van der Waals surface area (Å²) in [4.78, 5) is 15.1. The second-order valence-electron chi connectivity index (χ2n) is 4.97. The largest absolute Gasteiger partial charge is 0.477 e. The first-order valence-corrected chi connectivity index (χ1v) is 7.05. The number of aromatic nitrogens is 1. The van der Waals surface area contributed by atoms with Crippen molar-refractivity contribution in [3.63, 3.8) is 0 Å². The summed E-state index contributed by atoms with van der Waals surface area (Å²) in [6.45, 7) is 1.19. The van der Waals surface area contributed by atoms with Crippen LogP contribution in [-0.2, 0) is 15.1 Å². The molecule has 0 amide bonds. The van der Waals surface area contributed by atoms with E-state index in [9.17, 15) is 9.90 Å². The van der Waals surface area contributed by atoms with Gasteiger partial charge in [0.05, 0.1) is 19.4 Å². The van der Waals surface area contributed by atoms with Gasteiger partial charge in [-0.25, -0.2) is 9.78 Å². The Morgan fingerprint density at radius 3 is 2.42 bits per heavy atom. The van der Waals surface area contributed by atoms with E-state index in [0.717, 1.165) is 11.3 Å². The maximum atomic E-state index is 10.9. The Hall–Kier alpha value is -1.02. The Morgan fingerprint density at radius 1 is 1.26 bits per heavy atom. The molecule has 0 unspecified atom stereocenters. The summed E-state index contributed by atoms with van der Waals surface area (Å²) in [5.74, 6) is -1.55. The van der Waals surface area contributed by atoms with E-state index >= 15 is 0 Å². The maximum absolute atomic E-state index is 10.9. The van der Waals surface area contributed by atoms with E-state index < -0.39 is 17.4 Å². The summed E-state index contributed by atoms with van der Waals surface area (Å²) in [5, 5.41) is 20.0. The number of carboxylic acids is 1. The number of nitrogens with zero attached hydrogens (tertiary/aromatic N) is 1. The van der Waals surface area contributed by atoms with Gasteiger partial charge in [-0.1, -0.05) is 0 Å². The van der Waals surface area contributed by atoms with E-state index in [-0.39, 0.29) is 4.88 Å². The number of rotatable bonds is 2. The highest BCUT2D eigenvalue weighted by Gasteiger charge is 2.47. The van der Waals surface area contributed by atoms with Crippen LogP contribution in [0.3, 0.4) is 0 Å². The first-order valence-electron chi connectivity index (χ1n) is 6.23. The topological polar surface area (TPSA) is 88.9 Å². The molecule has 2 heterocycles. The molecule has 1 saturated heterocycles. The van der Waals surface area contributed by atoms with Crippen molar-refractivity contribution in [3.05, 3.63) is 16.1 Å². The highest BCUT2D eigenvalue weighted by molar-refractivity contribution is 7.13. The number of hydrogen-bond acceptors (Lipinski definition) is 6. The van der Waals surface area contributed by atoms with Crippen LogP contribution < -0.4 is 0 Å². The number of ether oxygens (including phenoxy) is 2. The highest BCUT2D eigenvalue weighted by atomic mass is 32.1. The molecule has 1 saturated carbocycles. The van der Waals surface area contributed by atoms with Gasteiger partial charge in [-0.05, 0) is 12.8 Å². The second kappa shape index (κ2) is 4.52. The quantitative estimate of drug-likeness (QED) is 0.852. The summed E-state index contributed by atoms with van der Waals surface area (Å²) in [7, 11) is 0. The number of aromatic carboxylic acids is 1. The highest BCUT2D eigenvalue weighted by Crippen LogP contribution is 2.45. The van der Waals surface area contributed by atoms with E-state index in [2.05, 4.69) is 4.98 Å². The number of thiazole rings is 1. The molecule has 19 heavy (non-hydrogen) atoms. The van der Waals surface area contributed by atoms with Gasteiger partial charge in [-0.2, -0.15) is 0 Å². The van der Waals surface area contributed by atoms with Gasteiger partial charge < -0.3 is 19.7 Å². The van der Waals surface area contributed by atoms with E-state index in [0.29, 0.717) is 43.9 Å². The molecule has 7 heteroatoms. The predicted octanol–water partition coefficient (Wildman–Crippen LogP) is 1.35. The van der Waals surface area contributed by atoms with Crippen LogP contribution in [0.1, 0.15) is 40.4 Å². The molecule has 2 aliphatic rings. The van der Waals surface area contributed by atoms with E-state index in [1.165, 1.54) is 6.20 Å². The molecule has 2 fully saturated rings. The lowest BCUT2D eigenvalue weighted by Gasteiger charge is -2.39. The van der Waals surface area contributed by atoms with Gasteiger partial charge in [0.1, 0.15) is 15.5 Å². The number of carboxylic acid groups (broad SMARTS) is 1. The molecule has 1 aromatic heterocycles. The van der Waals surface area contributed by atoms with Gasteiger partial charge in [0, 0.05) is 12.8 Å². The zero-order valence-corrected chi connectivity index (χ0v) is 11.1. The Labute approximate surface area is 114 Å². The van der Waals surface area contributed by atoms with Crippen molar-refractivity contribution >= 4 is 17.3 Å². The fourth-order valence-electron chi connectivity index (χ4n) is 2.63. The lowest BCUT2D eigenvalue weighted by molar-refractivity contribution is -0.204. The third-order valence-corrected chi connectivity index (χ3v) is 4.95. The number of aliphatic hydroxyl groups is 1. The van der Waals surface area contributed by atoms with Crippen molar-refractivity contribution in [2.24, 2.45) is 0 Å². The van der Waals surface area contributed by atoms with Crippen molar-refractivity contribution in [2.75, 3.05) is 13.2 Å². The monoisotopic (exact) mass is 285 g/mol. The lowest BCUT2D eigenvalue weighted by atomic mass is 9.82. The van der Waals surface area contributed by atoms with Crippen molar-refractivity contribution in [1.82, 2.24) is 4.98 Å². The van der Waals surface area contributed by atoms with Gasteiger partial charge in [0.2, 0.25) is 0 Å². The first-order chi connectivity index (χ1) is 9.03. The molecule has 3 rings (SSSR count). The Kier molecular flexibility index (Phi) is 3.09. The normalized spacial score (nSPS) is 24.7. The van der Waals surface area contributed by atoms with Crippen LogP contribution in [-0.4, -0.2) is 40.2 Å². The summed E-state index contributed by atoms with van der Waals surface area (Å²) in [6, 6.07) is 0. The zero-order valence-electron chi connectivity index (χ0n) is 10.3. The fourth-order valence-corrected chi connectivity index (χ4v) is 3.53. The van der Waals surface area contributed by atoms with Crippen LogP contribution in [0.4, 0.5) is 0 Å². The average Bonchev–Trinajstić information content (AvgIpc) is 3.04. The molecule has 0 radical (unpaired) electrons. The third-order valence-electron chi connectivity index (χ3n) is 3.77. The molecular formula is C12H15NO5S. The summed E-state index contributed by atoms with van der Waals surface area (Å²) in [5.41, 5.74) is -1.06. The van der Waals surface area contributed by atoms with Gasteiger partial charge in [0.25, 0.3) is 0 Å². The van der Waals surface area contributed by atoms with Crippen LogP contribution in [0.25, 0.3) is 0 Å². The average molecular weight is 285 g/mol. The maximum Gasteiger partial charge on any atom is 0.347 e. The van der Waals surface area contributed by atoms with Gasteiger partial charge in [0.15, 0.2) is 5.79 Å². The van der Waals surface area contributed by atoms with E-state index in [1.807, 2.05) is 0 Å². The van der Waals surface area contributed by atoms with Crippen molar-refractivity contribution in [3.8, 4) is 0 Å². The molecule has 6 nitrogen and oxygen atoms in total. The molecule has 1 aromatic rings. The molecular weight excluding hydrogens is 270 g/mol. The fraction of sp³-hybridized carbons (Fsp3) is 0.667. The molecule has 1 aliphatic heterocycles. The summed E-state index contributed by atoms with van der Waals surface area (Å²) >= 11 is 1.04. The summed E-state index contributed by atoms with van der Waals surface area (Å²) in [6.07, 6.45) is 3.45. The summed E-state index contributed by atoms with van der Waals surface area (Å²) < 4.78 is 11.2. The van der Waals surface area contributed by atoms with Crippen LogP contribution in [0.5, 0.6) is 0 Å². The molecule has 0 atom stereocenters. The molecule has 2 N–H and O–H groups in total.